The highest BCUT2D eigenvalue weighted by atomic mass is 15.4. The average molecular weight is 330 g/mol. The van der Waals surface area contributed by atoms with E-state index in [0.29, 0.717) is 6.17 Å². The molecule has 2 bridgehead atoms. The molecular formula is C21H22N4. The van der Waals surface area contributed by atoms with E-state index in [1.165, 1.54) is 48.1 Å². The quantitative estimate of drug-likeness (QED) is 0.742. The Balaban J connectivity index is 1.55. The van der Waals surface area contributed by atoms with Crippen LogP contribution in [-0.2, 0) is 12.0 Å². The molecule has 0 unspecified atom stereocenters. The van der Waals surface area contributed by atoms with E-state index in [0.717, 1.165) is 13.0 Å². The van der Waals surface area contributed by atoms with Gasteiger partial charge in [-0.15, -0.1) is 0 Å². The Kier molecular flexibility index (Phi) is 2.77. The summed E-state index contributed by atoms with van der Waals surface area (Å²) in [5, 5.41) is 1.43. The van der Waals surface area contributed by atoms with Crippen LogP contribution in [0, 0.1) is 0 Å². The van der Waals surface area contributed by atoms with Crippen molar-refractivity contribution in [1.82, 2.24) is 19.8 Å². The Bertz CT molecular complexity index is 937. The van der Waals surface area contributed by atoms with E-state index in [2.05, 4.69) is 56.2 Å². The normalized spacial score (nSPS) is 31.0. The second-order valence-electron chi connectivity index (χ2n) is 7.69. The molecule has 7 rings (SSSR count). The summed E-state index contributed by atoms with van der Waals surface area (Å²) < 4.78 is 0. The Hall–Kier alpha value is -2.17. The topological polar surface area (TPSA) is 35.2 Å². The van der Waals surface area contributed by atoms with Crippen molar-refractivity contribution in [1.29, 1.82) is 0 Å². The third kappa shape index (κ3) is 1.76. The minimum absolute atomic E-state index is 0.176. The van der Waals surface area contributed by atoms with Crippen molar-refractivity contribution in [2.75, 3.05) is 19.6 Å². The van der Waals surface area contributed by atoms with Crippen LogP contribution in [0.25, 0.3) is 10.9 Å². The lowest BCUT2D eigenvalue weighted by Gasteiger charge is -2.62. The first-order valence-corrected chi connectivity index (χ1v) is 9.38. The summed E-state index contributed by atoms with van der Waals surface area (Å²) in [5.41, 5.74) is 5.93. The Morgan fingerprint density at radius 3 is 2.64 bits per heavy atom. The Morgan fingerprint density at radius 1 is 1.00 bits per heavy atom. The maximum absolute atomic E-state index is 4.23. The maximum atomic E-state index is 4.23. The first kappa shape index (κ1) is 14.0. The van der Waals surface area contributed by atoms with E-state index in [1.54, 1.807) is 5.56 Å². The minimum atomic E-state index is 0.176. The molecule has 4 heteroatoms. The first-order valence-electron chi connectivity index (χ1n) is 9.38. The summed E-state index contributed by atoms with van der Waals surface area (Å²) in [6.07, 6.45) is 7.86. The molecule has 1 aromatic carbocycles. The van der Waals surface area contributed by atoms with Crippen molar-refractivity contribution in [3.8, 4) is 0 Å². The van der Waals surface area contributed by atoms with Crippen LogP contribution in [-0.4, -0.2) is 39.4 Å². The molecule has 3 aromatic rings. The van der Waals surface area contributed by atoms with Crippen LogP contribution >= 0.6 is 0 Å². The van der Waals surface area contributed by atoms with Crippen molar-refractivity contribution >= 4 is 10.9 Å². The van der Waals surface area contributed by atoms with Crippen molar-refractivity contribution in [3.63, 3.8) is 0 Å². The van der Waals surface area contributed by atoms with Crippen LogP contribution in [0.1, 0.15) is 35.8 Å². The SMILES string of the molecule is c1ccc2c3c([nH]c2c1)C12CCN(CC1)[C@H](c1ccncc1)N2CC3. The molecule has 0 saturated carbocycles. The van der Waals surface area contributed by atoms with Gasteiger partial charge < -0.3 is 4.98 Å². The lowest BCUT2D eigenvalue weighted by atomic mass is 9.73. The highest BCUT2D eigenvalue weighted by molar-refractivity contribution is 5.85. The van der Waals surface area contributed by atoms with Gasteiger partial charge in [0, 0.05) is 48.6 Å². The summed E-state index contributed by atoms with van der Waals surface area (Å²) in [7, 11) is 0. The number of hydrogen-bond acceptors (Lipinski definition) is 3. The van der Waals surface area contributed by atoms with Crippen LogP contribution in [0.5, 0.6) is 0 Å². The van der Waals surface area contributed by atoms with Gasteiger partial charge in [-0.25, -0.2) is 0 Å². The molecule has 4 nitrogen and oxygen atoms in total. The van der Waals surface area contributed by atoms with Gasteiger partial charge in [0.05, 0.1) is 11.7 Å². The van der Waals surface area contributed by atoms with Gasteiger partial charge in [0.1, 0.15) is 0 Å². The van der Waals surface area contributed by atoms with Crippen molar-refractivity contribution < 1.29 is 0 Å². The van der Waals surface area contributed by atoms with Gasteiger partial charge >= 0.3 is 0 Å². The third-order valence-electron chi connectivity index (χ3n) is 6.70. The lowest BCUT2D eigenvalue weighted by Crippen LogP contribution is -2.66. The van der Waals surface area contributed by atoms with Gasteiger partial charge in [0.15, 0.2) is 0 Å². The summed E-state index contributed by atoms with van der Waals surface area (Å²) in [6, 6.07) is 13.2. The molecule has 4 aliphatic heterocycles. The largest absolute Gasteiger partial charge is 0.357 e. The number of fused-ring (bicyclic) bond motifs is 5. The van der Waals surface area contributed by atoms with E-state index >= 15 is 0 Å². The molecule has 1 N–H and O–H groups in total. The summed E-state index contributed by atoms with van der Waals surface area (Å²) in [6.45, 7) is 3.49. The fraction of sp³-hybridized carbons (Fsp3) is 0.381. The number of para-hydroxylation sites is 1. The van der Waals surface area contributed by atoms with E-state index in [1.807, 2.05) is 12.4 Å². The maximum Gasteiger partial charge on any atom is 0.0895 e. The molecule has 4 aliphatic rings. The number of H-pyrrole nitrogens is 1. The van der Waals surface area contributed by atoms with E-state index in [9.17, 15) is 0 Å². The fourth-order valence-corrected chi connectivity index (χ4v) is 5.60. The van der Waals surface area contributed by atoms with E-state index in [-0.39, 0.29) is 5.54 Å². The molecule has 25 heavy (non-hydrogen) atoms. The smallest absolute Gasteiger partial charge is 0.0895 e. The van der Waals surface area contributed by atoms with Crippen LogP contribution in [0.3, 0.4) is 0 Å². The molecule has 6 heterocycles. The van der Waals surface area contributed by atoms with Gasteiger partial charge in [-0.1, -0.05) is 18.2 Å². The molecule has 0 amide bonds. The molecule has 3 saturated heterocycles. The number of rotatable bonds is 1. The van der Waals surface area contributed by atoms with Crippen molar-refractivity contribution in [3.05, 3.63) is 65.6 Å². The molecule has 2 aromatic heterocycles. The number of nitrogens with zero attached hydrogens (tertiary/aromatic N) is 3. The molecule has 1 atom stereocenters. The zero-order valence-corrected chi connectivity index (χ0v) is 14.3. The highest BCUT2D eigenvalue weighted by Gasteiger charge is 2.54. The summed E-state index contributed by atoms with van der Waals surface area (Å²) in [4.78, 5) is 13.5. The molecule has 0 aliphatic carbocycles. The number of benzene rings is 1. The number of piperidine rings is 1. The highest BCUT2D eigenvalue weighted by Crippen LogP contribution is 2.53. The number of nitrogens with one attached hydrogen (secondary N) is 1. The number of aromatic amines is 1. The average Bonchev–Trinajstić information content (AvgIpc) is 3.08. The third-order valence-corrected chi connectivity index (χ3v) is 6.70. The predicted molar refractivity (Wildman–Crippen MR) is 98.2 cm³/mol. The van der Waals surface area contributed by atoms with Crippen LogP contribution < -0.4 is 0 Å². The van der Waals surface area contributed by atoms with Crippen molar-refractivity contribution in [2.24, 2.45) is 0 Å². The van der Waals surface area contributed by atoms with Crippen LogP contribution in [0.15, 0.2) is 48.8 Å². The van der Waals surface area contributed by atoms with Gasteiger partial charge in [-0.2, -0.15) is 0 Å². The van der Waals surface area contributed by atoms with Gasteiger partial charge in [-0.05, 0) is 48.6 Å². The Labute approximate surface area is 147 Å². The molecule has 126 valence electrons. The fourth-order valence-electron chi connectivity index (χ4n) is 5.60. The molecule has 0 radical (unpaired) electrons. The number of aromatic nitrogens is 2. The summed E-state index contributed by atoms with van der Waals surface area (Å²) in [5.74, 6) is 0. The van der Waals surface area contributed by atoms with E-state index < -0.39 is 0 Å². The number of hydrogen-bond donors (Lipinski definition) is 1. The van der Waals surface area contributed by atoms with Crippen LogP contribution in [0.4, 0.5) is 0 Å². The van der Waals surface area contributed by atoms with Crippen LogP contribution in [0.2, 0.25) is 0 Å². The zero-order chi connectivity index (χ0) is 16.4. The van der Waals surface area contributed by atoms with E-state index in [4.69, 9.17) is 0 Å². The predicted octanol–water partition coefficient (Wildman–Crippen LogP) is 3.42. The molecule has 3 fully saturated rings. The molecular weight excluding hydrogens is 308 g/mol. The monoisotopic (exact) mass is 330 g/mol. The number of pyridine rings is 1. The minimum Gasteiger partial charge on any atom is -0.357 e. The zero-order valence-electron chi connectivity index (χ0n) is 14.3. The Morgan fingerprint density at radius 2 is 1.80 bits per heavy atom. The van der Waals surface area contributed by atoms with Crippen molar-refractivity contribution in [2.45, 2.75) is 31.0 Å². The van der Waals surface area contributed by atoms with Gasteiger partial charge in [-0.3, -0.25) is 14.8 Å². The molecule has 1 spiro atoms. The second-order valence-corrected chi connectivity index (χ2v) is 7.69. The first-order chi connectivity index (χ1) is 12.4. The van der Waals surface area contributed by atoms with Gasteiger partial charge in [0.25, 0.3) is 0 Å². The summed E-state index contributed by atoms with van der Waals surface area (Å²) >= 11 is 0. The van der Waals surface area contributed by atoms with Gasteiger partial charge in [0.2, 0.25) is 0 Å². The standard InChI is InChI=1S/C21H22N4/c1-2-4-18-16(3-1)17-7-12-25-20(15-5-10-22-11-6-15)24-13-8-21(25,9-14-24)19(17)23-18/h1-6,10-11,20,23H,7-9,12-14H2/t20-/m0/s1. The second kappa shape index (κ2) is 4.93. The lowest BCUT2D eigenvalue weighted by molar-refractivity contribution is -0.149.